The summed E-state index contributed by atoms with van der Waals surface area (Å²) in [4.78, 5) is 36.5. The van der Waals surface area contributed by atoms with Gasteiger partial charge in [0, 0.05) is 44.2 Å². The average molecular weight is 541 g/mol. The first-order valence-electron chi connectivity index (χ1n) is 11.9. The number of anilines is 2. The van der Waals surface area contributed by atoms with E-state index in [4.69, 9.17) is 30.5 Å². The predicted molar refractivity (Wildman–Crippen MR) is 143 cm³/mol. The summed E-state index contributed by atoms with van der Waals surface area (Å²) in [5, 5.41) is 3.73. The SMILES string of the molecule is COc1ccc(CNc2nc(N3CCC(=O)CC3)ncc2C(=O)c2cc(OC)c(OC)c(OC)c2)cc1Cl. The van der Waals surface area contributed by atoms with Gasteiger partial charge in [0.1, 0.15) is 17.4 Å². The number of methoxy groups -OCH3 is 4. The molecule has 0 spiro atoms. The topological polar surface area (TPSA) is 112 Å². The zero-order chi connectivity index (χ0) is 27.2. The number of nitrogens with one attached hydrogen (secondary N) is 1. The van der Waals surface area contributed by atoms with E-state index < -0.39 is 0 Å². The van der Waals surface area contributed by atoms with E-state index in [-0.39, 0.29) is 17.1 Å². The number of hydrogen-bond acceptors (Lipinski definition) is 10. The number of aromatic nitrogens is 2. The zero-order valence-corrected chi connectivity index (χ0v) is 22.4. The Hall–Kier alpha value is -4.05. The second-order valence-corrected chi connectivity index (χ2v) is 8.93. The quantitative estimate of drug-likeness (QED) is 0.376. The highest BCUT2D eigenvalue weighted by Gasteiger charge is 2.24. The highest BCUT2D eigenvalue weighted by atomic mass is 35.5. The van der Waals surface area contributed by atoms with Crippen LogP contribution < -0.4 is 29.2 Å². The minimum Gasteiger partial charge on any atom is -0.495 e. The van der Waals surface area contributed by atoms with Gasteiger partial charge in [-0.1, -0.05) is 17.7 Å². The van der Waals surface area contributed by atoms with Crippen molar-refractivity contribution >= 4 is 34.9 Å². The lowest BCUT2D eigenvalue weighted by Gasteiger charge is -2.26. The second-order valence-electron chi connectivity index (χ2n) is 8.52. The van der Waals surface area contributed by atoms with Gasteiger partial charge in [-0.2, -0.15) is 4.98 Å². The first kappa shape index (κ1) is 27.0. The first-order valence-corrected chi connectivity index (χ1v) is 12.3. The number of piperidine rings is 1. The Kier molecular flexibility index (Phi) is 8.52. The molecule has 2 heterocycles. The molecule has 0 aliphatic carbocycles. The monoisotopic (exact) mass is 540 g/mol. The summed E-state index contributed by atoms with van der Waals surface area (Å²) in [6.07, 6.45) is 2.36. The Morgan fingerprint density at radius 3 is 2.21 bits per heavy atom. The maximum absolute atomic E-state index is 13.7. The van der Waals surface area contributed by atoms with Crippen molar-refractivity contribution in [1.82, 2.24) is 9.97 Å². The van der Waals surface area contributed by atoms with Crippen molar-refractivity contribution in [2.75, 3.05) is 51.7 Å². The van der Waals surface area contributed by atoms with E-state index >= 15 is 0 Å². The van der Waals surface area contributed by atoms with Crippen molar-refractivity contribution in [3.8, 4) is 23.0 Å². The van der Waals surface area contributed by atoms with Crippen LogP contribution in [0.3, 0.4) is 0 Å². The summed E-state index contributed by atoms with van der Waals surface area (Å²) in [5.41, 5.74) is 1.44. The molecule has 1 fully saturated rings. The summed E-state index contributed by atoms with van der Waals surface area (Å²) in [5.74, 6) is 2.32. The lowest BCUT2D eigenvalue weighted by Crippen LogP contribution is -2.35. The van der Waals surface area contributed by atoms with Crippen molar-refractivity contribution in [2.24, 2.45) is 0 Å². The smallest absolute Gasteiger partial charge is 0.227 e. The molecule has 1 aromatic heterocycles. The maximum Gasteiger partial charge on any atom is 0.227 e. The number of Topliss-reactive ketones (excluding diaryl/α,β-unsaturated/α-hetero) is 1. The molecule has 0 unspecified atom stereocenters. The van der Waals surface area contributed by atoms with Crippen LogP contribution in [0.15, 0.2) is 36.5 Å². The van der Waals surface area contributed by atoms with E-state index in [1.54, 1.807) is 31.4 Å². The van der Waals surface area contributed by atoms with Gasteiger partial charge in [-0.05, 0) is 29.8 Å². The third-order valence-corrected chi connectivity index (χ3v) is 6.52. The largest absolute Gasteiger partial charge is 0.495 e. The Morgan fingerprint density at radius 2 is 1.63 bits per heavy atom. The lowest BCUT2D eigenvalue weighted by atomic mass is 10.0. The molecule has 0 radical (unpaired) electrons. The van der Waals surface area contributed by atoms with E-state index in [9.17, 15) is 9.59 Å². The highest BCUT2D eigenvalue weighted by molar-refractivity contribution is 6.32. The maximum atomic E-state index is 13.7. The van der Waals surface area contributed by atoms with Gasteiger partial charge in [-0.25, -0.2) is 4.98 Å². The summed E-state index contributed by atoms with van der Waals surface area (Å²) in [6, 6.07) is 8.60. The van der Waals surface area contributed by atoms with Gasteiger partial charge >= 0.3 is 0 Å². The van der Waals surface area contributed by atoms with E-state index in [0.717, 1.165) is 5.56 Å². The molecule has 0 amide bonds. The van der Waals surface area contributed by atoms with Gasteiger partial charge in [0.15, 0.2) is 17.3 Å². The van der Waals surface area contributed by atoms with Gasteiger partial charge in [-0.3, -0.25) is 9.59 Å². The number of carbonyl (C=O) groups excluding carboxylic acids is 2. The molecule has 3 aromatic rings. The molecule has 2 aromatic carbocycles. The molecule has 0 saturated carbocycles. The number of hydrogen-bond donors (Lipinski definition) is 1. The third-order valence-electron chi connectivity index (χ3n) is 6.23. The number of benzene rings is 2. The fraction of sp³-hybridized carbons (Fsp3) is 0.333. The van der Waals surface area contributed by atoms with Gasteiger partial charge in [0.25, 0.3) is 0 Å². The van der Waals surface area contributed by atoms with E-state index in [2.05, 4.69) is 15.3 Å². The van der Waals surface area contributed by atoms with Crippen LogP contribution >= 0.6 is 11.6 Å². The number of nitrogens with zero attached hydrogens (tertiary/aromatic N) is 3. The average Bonchev–Trinajstić information content (AvgIpc) is 2.95. The van der Waals surface area contributed by atoms with E-state index in [1.807, 2.05) is 11.0 Å². The summed E-state index contributed by atoms with van der Waals surface area (Å²) in [6.45, 7) is 1.38. The lowest BCUT2D eigenvalue weighted by molar-refractivity contribution is -0.119. The molecule has 1 aliphatic heterocycles. The molecule has 1 N–H and O–H groups in total. The van der Waals surface area contributed by atoms with Crippen LogP contribution in [-0.4, -0.2) is 63.1 Å². The normalized spacial score (nSPS) is 13.2. The molecule has 0 bridgehead atoms. The Labute approximate surface area is 225 Å². The predicted octanol–water partition coefficient (Wildman–Crippen LogP) is 4.18. The van der Waals surface area contributed by atoms with Crippen molar-refractivity contribution in [1.29, 1.82) is 0 Å². The molecular weight excluding hydrogens is 512 g/mol. The van der Waals surface area contributed by atoms with Crippen molar-refractivity contribution in [3.63, 3.8) is 0 Å². The van der Waals surface area contributed by atoms with Crippen LogP contribution in [0, 0.1) is 0 Å². The molecule has 200 valence electrons. The van der Waals surface area contributed by atoms with Crippen molar-refractivity contribution in [3.05, 3.63) is 58.2 Å². The molecule has 38 heavy (non-hydrogen) atoms. The van der Waals surface area contributed by atoms with Crippen molar-refractivity contribution in [2.45, 2.75) is 19.4 Å². The van der Waals surface area contributed by atoms with Crippen LogP contribution in [0.5, 0.6) is 23.0 Å². The zero-order valence-electron chi connectivity index (χ0n) is 21.7. The molecule has 10 nitrogen and oxygen atoms in total. The molecular formula is C27H29ClN4O6. The summed E-state index contributed by atoms with van der Waals surface area (Å²) < 4.78 is 21.4. The Morgan fingerprint density at radius 1 is 0.974 bits per heavy atom. The molecule has 1 aliphatic rings. The van der Waals surface area contributed by atoms with Gasteiger partial charge in [-0.15, -0.1) is 0 Å². The minimum absolute atomic E-state index is 0.213. The fourth-order valence-electron chi connectivity index (χ4n) is 4.16. The second kappa shape index (κ2) is 12.0. The number of carbonyl (C=O) groups is 2. The van der Waals surface area contributed by atoms with Crippen LogP contribution in [0.25, 0.3) is 0 Å². The molecule has 1 saturated heterocycles. The summed E-state index contributed by atoms with van der Waals surface area (Å²) >= 11 is 6.29. The summed E-state index contributed by atoms with van der Waals surface area (Å²) in [7, 11) is 6.02. The minimum atomic E-state index is -0.333. The fourth-order valence-corrected chi connectivity index (χ4v) is 4.44. The number of ether oxygens (including phenoxy) is 4. The number of halogens is 1. The number of rotatable bonds is 10. The van der Waals surface area contributed by atoms with Crippen LogP contribution in [0.1, 0.15) is 34.3 Å². The van der Waals surface area contributed by atoms with Crippen LogP contribution in [0.2, 0.25) is 5.02 Å². The van der Waals surface area contributed by atoms with Crippen molar-refractivity contribution < 1.29 is 28.5 Å². The Balaban J connectivity index is 1.70. The van der Waals surface area contributed by atoms with Gasteiger partial charge in [0.05, 0.1) is 39.0 Å². The standard InChI is InChI=1S/C27H29ClN4O6/c1-35-21-6-5-16(11-20(21)28)14-29-26-19(15-30-27(31-26)32-9-7-18(33)8-10-32)24(34)17-12-22(36-2)25(38-4)23(13-17)37-3/h5-6,11-13,15H,7-10,14H2,1-4H3,(H,29,30,31). The number of ketones is 2. The van der Waals surface area contributed by atoms with Crippen LogP contribution in [0.4, 0.5) is 11.8 Å². The van der Waals surface area contributed by atoms with E-state index in [1.165, 1.54) is 27.5 Å². The van der Waals surface area contributed by atoms with E-state index in [0.29, 0.717) is 77.8 Å². The highest BCUT2D eigenvalue weighted by Crippen LogP contribution is 2.39. The Bertz CT molecular complexity index is 1310. The molecule has 0 atom stereocenters. The first-order chi connectivity index (χ1) is 18.4. The molecule has 4 rings (SSSR count). The molecule has 11 heteroatoms. The van der Waals surface area contributed by atoms with Crippen LogP contribution in [-0.2, 0) is 11.3 Å². The van der Waals surface area contributed by atoms with Gasteiger partial charge < -0.3 is 29.2 Å². The third kappa shape index (κ3) is 5.75. The van der Waals surface area contributed by atoms with Gasteiger partial charge in [0.2, 0.25) is 11.7 Å².